The van der Waals surface area contributed by atoms with E-state index in [0.29, 0.717) is 18.1 Å². The third kappa shape index (κ3) is 6.30. The topological polar surface area (TPSA) is 75.2 Å². The maximum absolute atomic E-state index is 12.8. The minimum absolute atomic E-state index is 0.191. The second-order valence-corrected chi connectivity index (χ2v) is 7.29. The van der Waals surface area contributed by atoms with Crippen molar-refractivity contribution in [3.05, 3.63) is 59.2 Å². The van der Waals surface area contributed by atoms with Gasteiger partial charge in [-0.1, -0.05) is 6.07 Å². The molecule has 0 bridgehead atoms. The minimum atomic E-state index is -0.191. The Morgan fingerprint density at radius 1 is 1.10 bits per heavy atom. The van der Waals surface area contributed by atoms with Crippen LogP contribution in [0.5, 0.6) is 5.75 Å². The molecule has 0 saturated carbocycles. The van der Waals surface area contributed by atoms with Crippen LogP contribution in [-0.4, -0.2) is 63.3 Å². The molecule has 0 atom stereocenters. The van der Waals surface area contributed by atoms with Gasteiger partial charge in [-0.3, -0.25) is 20.0 Å². The maximum Gasteiger partial charge on any atom is 0.257 e. The van der Waals surface area contributed by atoms with Gasteiger partial charge in [-0.05, 0) is 61.4 Å². The number of ether oxygens (including phenoxy) is 2. The lowest BCUT2D eigenvalue weighted by Gasteiger charge is -2.25. The number of aliphatic imine (C=N–C) groups is 1. The van der Waals surface area contributed by atoms with Gasteiger partial charge in [0, 0.05) is 30.9 Å². The molecule has 160 valence electrons. The summed E-state index contributed by atoms with van der Waals surface area (Å²) in [5.74, 6) is 1.01. The number of morpholine rings is 1. The van der Waals surface area contributed by atoms with Crippen molar-refractivity contribution in [3.8, 4) is 5.75 Å². The number of methoxy groups -OCH3 is 1. The van der Waals surface area contributed by atoms with Gasteiger partial charge in [0.15, 0.2) is 0 Å². The molecule has 2 aromatic carbocycles. The fraction of sp³-hybridized carbons (Fsp3) is 0.391. The number of benzene rings is 2. The molecule has 1 fully saturated rings. The molecule has 0 unspecified atom stereocenters. The Hall–Kier alpha value is -2.90. The van der Waals surface area contributed by atoms with E-state index < -0.39 is 0 Å². The molecular weight excluding hydrogens is 380 g/mol. The highest BCUT2D eigenvalue weighted by Crippen LogP contribution is 2.15. The molecule has 3 rings (SSSR count). The number of anilines is 1. The smallest absolute Gasteiger partial charge is 0.257 e. The molecule has 0 aliphatic carbocycles. The highest BCUT2D eigenvalue weighted by atomic mass is 16.5. The molecule has 2 N–H and O–H groups in total. The molecule has 1 heterocycles. The number of nitrogens with zero attached hydrogens (tertiary/aromatic N) is 2. The molecule has 7 heteroatoms. The van der Waals surface area contributed by atoms with Gasteiger partial charge >= 0.3 is 0 Å². The second kappa shape index (κ2) is 10.8. The van der Waals surface area contributed by atoms with Crippen molar-refractivity contribution in [1.82, 2.24) is 10.2 Å². The molecule has 30 heavy (non-hydrogen) atoms. The predicted molar refractivity (Wildman–Crippen MR) is 120 cm³/mol. The van der Waals surface area contributed by atoms with Crippen molar-refractivity contribution in [2.75, 3.05) is 51.8 Å². The van der Waals surface area contributed by atoms with Gasteiger partial charge in [0.05, 0.1) is 26.9 Å². The largest absolute Gasteiger partial charge is 0.497 e. The summed E-state index contributed by atoms with van der Waals surface area (Å²) in [7, 11) is 1.63. The minimum Gasteiger partial charge on any atom is -0.497 e. The van der Waals surface area contributed by atoms with Crippen LogP contribution in [0.3, 0.4) is 0 Å². The number of nitrogens with one attached hydrogen (secondary N) is 2. The quantitative estimate of drug-likeness (QED) is 0.566. The summed E-state index contributed by atoms with van der Waals surface area (Å²) in [5.41, 5.74) is 3.66. The Labute approximate surface area is 178 Å². The van der Waals surface area contributed by atoms with Gasteiger partial charge in [-0.25, -0.2) is 0 Å². The van der Waals surface area contributed by atoms with Gasteiger partial charge in [-0.2, -0.15) is 0 Å². The first-order chi connectivity index (χ1) is 14.5. The number of carbonyl (C=O) groups excluding carboxylic acids is 1. The first kappa shape index (κ1) is 21.8. The molecule has 0 spiro atoms. The van der Waals surface area contributed by atoms with Gasteiger partial charge in [0.2, 0.25) is 5.96 Å². The van der Waals surface area contributed by atoms with Crippen LogP contribution in [0.2, 0.25) is 0 Å². The summed E-state index contributed by atoms with van der Waals surface area (Å²) in [4.78, 5) is 19.7. The van der Waals surface area contributed by atoms with E-state index in [4.69, 9.17) is 9.47 Å². The van der Waals surface area contributed by atoms with Crippen LogP contribution in [0.25, 0.3) is 0 Å². The van der Waals surface area contributed by atoms with Gasteiger partial charge < -0.3 is 14.8 Å². The maximum atomic E-state index is 12.8. The molecule has 7 nitrogen and oxygen atoms in total. The normalized spacial score (nSPS) is 15.0. The van der Waals surface area contributed by atoms with Crippen LogP contribution < -0.4 is 15.4 Å². The van der Waals surface area contributed by atoms with E-state index in [9.17, 15) is 4.79 Å². The summed E-state index contributed by atoms with van der Waals surface area (Å²) >= 11 is 0. The van der Waals surface area contributed by atoms with Crippen molar-refractivity contribution in [2.45, 2.75) is 13.8 Å². The zero-order valence-corrected chi connectivity index (χ0v) is 17.9. The summed E-state index contributed by atoms with van der Waals surface area (Å²) in [6, 6.07) is 13.2. The summed E-state index contributed by atoms with van der Waals surface area (Å²) < 4.78 is 10.6. The van der Waals surface area contributed by atoms with Crippen molar-refractivity contribution in [1.29, 1.82) is 0 Å². The van der Waals surface area contributed by atoms with Crippen LogP contribution in [-0.2, 0) is 4.74 Å². The van der Waals surface area contributed by atoms with Crippen LogP contribution in [0.4, 0.5) is 5.69 Å². The van der Waals surface area contributed by atoms with Crippen molar-refractivity contribution in [3.63, 3.8) is 0 Å². The van der Waals surface area contributed by atoms with E-state index in [1.807, 2.05) is 56.3 Å². The van der Waals surface area contributed by atoms with Crippen LogP contribution >= 0.6 is 0 Å². The van der Waals surface area contributed by atoms with E-state index in [2.05, 4.69) is 20.5 Å². The lowest BCUT2D eigenvalue weighted by Crippen LogP contribution is -2.39. The Morgan fingerprint density at radius 3 is 2.50 bits per heavy atom. The molecule has 2 aromatic rings. The molecule has 0 radical (unpaired) electrons. The van der Waals surface area contributed by atoms with Crippen molar-refractivity contribution < 1.29 is 14.3 Å². The number of guanidine groups is 1. The third-order valence-electron chi connectivity index (χ3n) is 5.14. The second-order valence-electron chi connectivity index (χ2n) is 7.29. The Morgan fingerprint density at radius 2 is 1.83 bits per heavy atom. The number of rotatable bonds is 6. The lowest BCUT2D eigenvalue weighted by atomic mass is 10.1. The zero-order valence-electron chi connectivity index (χ0n) is 17.9. The average Bonchev–Trinajstić information content (AvgIpc) is 2.76. The number of amides is 1. The highest BCUT2D eigenvalue weighted by Gasteiger charge is 2.12. The Balaban J connectivity index is 1.70. The number of aryl methyl sites for hydroxylation is 2. The predicted octanol–water partition coefficient (Wildman–Crippen LogP) is 2.84. The van der Waals surface area contributed by atoms with E-state index in [0.717, 1.165) is 55.4 Å². The van der Waals surface area contributed by atoms with Gasteiger partial charge in [0.25, 0.3) is 5.91 Å². The van der Waals surface area contributed by atoms with E-state index in [-0.39, 0.29) is 5.91 Å². The third-order valence-corrected chi connectivity index (χ3v) is 5.14. The van der Waals surface area contributed by atoms with Gasteiger partial charge in [0.1, 0.15) is 5.75 Å². The van der Waals surface area contributed by atoms with Gasteiger partial charge in [-0.15, -0.1) is 0 Å². The summed E-state index contributed by atoms with van der Waals surface area (Å²) in [6.07, 6.45) is 0. The van der Waals surface area contributed by atoms with E-state index in [1.54, 1.807) is 7.11 Å². The molecule has 1 saturated heterocycles. The first-order valence-corrected chi connectivity index (χ1v) is 10.2. The highest BCUT2D eigenvalue weighted by molar-refractivity contribution is 6.10. The van der Waals surface area contributed by atoms with Crippen LogP contribution in [0.15, 0.2) is 47.5 Å². The average molecular weight is 411 g/mol. The lowest BCUT2D eigenvalue weighted by molar-refractivity contribution is 0.0394. The standard InChI is InChI=1S/C23H30N4O3/c1-17-4-5-19(16-18(17)2)22(28)26-23(24-10-11-27-12-14-30-15-13-27)25-20-6-8-21(29-3)9-7-20/h4-9,16H,10-15H2,1-3H3,(H2,24,25,26,28). The van der Waals surface area contributed by atoms with Crippen LogP contribution in [0.1, 0.15) is 21.5 Å². The number of hydrogen-bond donors (Lipinski definition) is 2. The summed E-state index contributed by atoms with van der Waals surface area (Å²) in [6.45, 7) is 8.74. The van der Waals surface area contributed by atoms with E-state index >= 15 is 0 Å². The molecule has 0 aromatic heterocycles. The zero-order chi connectivity index (χ0) is 21.3. The molecular formula is C23H30N4O3. The number of hydrogen-bond acceptors (Lipinski definition) is 5. The fourth-order valence-electron chi connectivity index (χ4n) is 3.11. The summed E-state index contributed by atoms with van der Waals surface area (Å²) in [5, 5.41) is 6.13. The fourth-order valence-corrected chi connectivity index (χ4v) is 3.11. The Kier molecular flexibility index (Phi) is 7.82. The van der Waals surface area contributed by atoms with Crippen molar-refractivity contribution >= 4 is 17.6 Å². The number of carbonyl (C=O) groups is 1. The molecule has 1 aliphatic rings. The van der Waals surface area contributed by atoms with Crippen LogP contribution in [0, 0.1) is 13.8 Å². The first-order valence-electron chi connectivity index (χ1n) is 10.2. The SMILES string of the molecule is COc1ccc(NC(=NCCN2CCOCC2)NC(=O)c2ccc(C)c(C)c2)cc1. The van der Waals surface area contributed by atoms with E-state index in [1.165, 1.54) is 0 Å². The van der Waals surface area contributed by atoms with Crippen molar-refractivity contribution in [2.24, 2.45) is 4.99 Å². The Bertz CT molecular complexity index is 875. The molecule has 1 amide bonds. The molecule has 1 aliphatic heterocycles. The monoisotopic (exact) mass is 410 g/mol.